The fourth-order valence-corrected chi connectivity index (χ4v) is 6.03. The first-order valence-corrected chi connectivity index (χ1v) is 15.4. The van der Waals surface area contributed by atoms with E-state index in [0.717, 1.165) is 79.9 Å². The molecule has 2 N–H and O–H groups in total. The number of amides is 1. The van der Waals surface area contributed by atoms with Crippen LogP contribution in [-0.4, -0.2) is 62.5 Å². The topological polar surface area (TPSA) is 66.0 Å². The van der Waals surface area contributed by atoms with Crippen molar-refractivity contribution in [1.29, 1.82) is 0 Å². The SMILES string of the molecule is C/C=N/O/C(C)=C/CNCCCN(CCC)CCCCC1(C(=O)NCC(F)(F)F)C2=C(C=CC=CC2)Cc2ccccc21. The molecule has 9 heteroatoms. The lowest BCUT2D eigenvalue weighted by molar-refractivity contribution is -0.141. The predicted molar refractivity (Wildman–Crippen MR) is 168 cm³/mol. The van der Waals surface area contributed by atoms with Crippen molar-refractivity contribution in [2.75, 3.05) is 39.3 Å². The first-order chi connectivity index (χ1) is 20.7. The van der Waals surface area contributed by atoms with E-state index in [-0.39, 0.29) is 0 Å². The summed E-state index contributed by atoms with van der Waals surface area (Å²) in [6.07, 6.45) is 12.3. The van der Waals surface area contributed by atoms with Gasteiger partial charge in [-0.2, -0.15) is 13.2 Å². The Labute approximate surface area is 254 Å². The van der Waals surface area contributed by atoms with E-state index in [0.29, 0.717) is 25.8 Å². The highest BCUT2D eigenvalue weighted by Gasteiger charge is 2.47. The molecule has 0 fully saturated rings. The number of hydrogen-bond donors (Lipinski definition) is 2. The second-order valence-corrected chi connectivity index (χ2v) is 11.2. The van der Waals surface area contributed by atoms with Crippen LogP contribution < -0.4 is 10.6 Å². The van der Waals surface area contributed by atoms with E-state index >= 15 is 0 Å². The molecule has 1 aromatic rings. The number of rotatable bonds is 17. The zero-order chi connectivity index (χ0) is 31.1. The summed E-state index contributed by atoms with van der Waals surface area (Å²) in [7, 11) is 0. The van der Waals surface area contributed by atoms with Crippen LogP contribution in [-0.2, 0) is 21.5 Å². The van der Waals surface area contributed by atoms with Crippen LogP contribution in [0.3, 0.4) is 0 Å². The number of carbonyl (C=O) groups is 1. The largest absolute Gasteiger partial charge is 0.405 e. The highest BCUT2D eigenvalue weighted by atomic mass is 19.4. The van der Waals surface area contributed by atoms with Gasteiger partial charge in [0.05, 0.1) is 5.41 Å². The number of hydrogen-bond acceptors (Lipinski definition) is 5. The van der Waals surface area contributed by atoms with Crippen LogP contribution >= 0.6 is 0 Å². The molecule has 0 radical (unpaired) electrons. The van der Waals surface area contributed by atoms with Gasteiger partial charge in [0.1, 0.15) is 12.3 Å². The van der Waals surface area contributed by atoms with Crippen molar-refractivity contribution in [1.82, 2.24) is 15.5 Å². The Morgan fingerprint density at radius 2 is 1.93 bits per heavy atom. The number of nitrogens with zero attached hydrogens (tertiary/aromatic N) is 2. The first kappa shape index (κ1) is 34.3. The average molecular weight is 601 g/mol. The highest BCUT2D eigenvalue weighted by Crippen LogP contribution is 2.47. The van der Waals surface area contributed by atoms with Crippen molar-refractivity contribution in [2.45, 2.75) is 77.3 Å². The summed E-state index contributed by atoms with van der Waals surface area (Å²) < 4.78 is 39.7. The Morgan fingerprint density at radius 3 is 2.70 bits per heavy atom. The Kier molecular flexibility index (Phi) is 13.7. The summed E-state index contributed by atoms with van der Waals surface area (Å²) in [5.74, 6) is 0.197. The molecule has 6 nitrogen and oxygen atoms in total. The van der Waals surface area contributed by atoms with E-state index in [1.54, 1.807) is 13.1 Å². The second-order valence-electron chi connectivity index (χ2n) is 11.2. The molecule has 0 heterocycles. The van der Waals surface area contributed by atoms with Gasteiger partial charge >= 0.3 is 6.18 Å². The number of oxime groups is 1. The molecule has 0 saturated heterocycles. The fourth-order valence-electron chi connectivity index (χ4n) is 6.03. The van der Waals surface area contributed by atoms with Crippen LogP contribution in [0.5, 0.6) is 0 Å². The van der Waals surface area contributed by atoms with Gasteiger partial charge in [-0.05, 0) is 107 Å². The number of benzene rings is 1. The normalized spacial score (nSPS) is 18.6. The van der Waals surface area contributed by atoms with Crippen molar-refractivity contribution in [3.63, 3.8) is 0 Å². The Bertz CT molecular complexity index is 1200. The lowest BCUT2D eigenvalue weighted by Gasteiger charge is -2.41. The van der Waals surface area contributed by atoms with Crippen molar-refractivity contribution in [3.8, 4) is 0 Å². The van der Waals surface area contributed by atoms with E-state index in [1.807, 2.05) is 61.6 Å². The summed E-state index contributed by atoms with van der Waals surface area (Å²) >= 11 is 0. The van der Waals surface area contributed by atoms with Crippen LogP contribution in [0.2, 0.25) is 0 Å². The standard InChI is InChI=1S/C34H47F3N4O2/c1-4-22-41(24-13-20-38-21-18-27(3)43-40-5-2)23-12-11-19-33(32(42)39-26-34(35,36)37)30-16-8-6-7-14-28(30)25-29-15-9-10-17-31(29)33/h5-10,14-15,17-18,38H,4,11-13,16,19-26H2,1-3H3,(H,39,42)/b27-18+,40-5+. The van der Waals surface area contributed by atoms with Gasteiger partial charge in [0.25, 0.3) is 0 Å². The lowest BCUT2D eigenvalue weighted by Crippen LogP contribution is -2.50. The van der Waals surface area contributed by atoms with Crippen molar-refractivity contribution in [2.24, 2.45) is 5.16 Å². The van der Waals surface area contributed by atoms with Crippen LogP contribution in [0.1, 0.15) is 70.4 Å². The summed E-state index contributed by atoms with van der Waals surface area (Å²) in [6, 6.07) is 7.75. The van der Waals surface area contributed by atoms with Crippen LogP contribution in [0, 0.1) is 0 Å². The summed E-state index contributed by atoms with van der Waals surface area (Å²) in [4.78, 5) is 21.5. The number of allylic oxidation sites excluding steroid dienone is 6. The molecular weight excluding hydrogens is 553 g/mol. The molecule has 2 aliphatic rings. The molecule has 1 unspecified atom stereocenters. The van der Waals surface area contributed by atoms with Crippen molar-refractivity contribution >= 4 is 12.1 Å². The number of fused-ring (bicyclic) bond motifs is 1. The first-order valence-electron chi connectivity index (χ1n) is 15.4. The van der Waals surface area contributed by atoms with Gasteiger partial charge in [0, 0.05) is 12.8 Å². The van der Waals surface area contributed by atoms with E-state index in [1.165, 1.54) is 0 Å². The van der Waals surface area contributed by atoms with Crippen LogP contribution in [0.25, 0.3) is 0 Å². The van der Waals surface area contributed by atoms with Gasteiger partial charge in [-0.25, -0.2) is 0 Å². The zero-order valence-electron chi connectivity index (χ0n) is 25.8. The van der Waals surface area contributed by atoms with Gasteiger partial charge in [-0.1, -0.05) is 67.1 Å². The summed E-state index contributed by atoms with van der Waals surface area (Å²) in [6.45, 7) is 8.89. The minimum atomic E-state index is -4.48. The Balaban J connectivity index is 1.68. The third kappa shape index (κ3) is 10.2. The average Bonchev–Trinajstić information content (AvgIpc) is 3.23. The van der Waals surface area contributed by atoms with Crippen LogP contribution in [0.15, 0.2) is 76.7 Å². The molecule has 0 spiro atoms. The number of halogens is 3. The van der Waals surface area contributed by atoms with Crippen molar-refractivity contribution in [3.05, 3.63) is 82.7 Å². The maximum absolute atomic E-state index is 13.9. The maximum atomic E-state index is 13.9. The van der Waals surface area contributed by atoms with E-state index in [9.17, 15) is 18.0 Å². The molecule has 0 saturated carbocycles. The van der Waals surface area contributed by atoms with Gasteiger partial charge in [-0.15, -0.1) is 0 Å². The predicted octanol–water partition coefficient (Wildman–Crippen LogP) is 6.76. The van der Waals surface area contributed by atoms with Gasteiger partial charge in [0.15, 0.2) is 0 Å². The number of alkyl halides is 3. The third-order valence-corrected chi connectivity index (χ3v) is 7.94. The molecule has 0 bridgehead atoms. The molecule has 0 aliphatic heterocycles. The molecule has 236 valence electrons. The van der Waals surface area contributed by atoms with Crippen molar-refractivity contribution < 1.29 is 22.8 Å². The number of carbonyl (C=O) groups excluding carboxylic acids is 1. The molecule has 1 atom stereocenters. The monoisotopic (exact) mass is 600 g/mol. The molecule has 3 rings (SSSR count). The van der Waals surface area contributed by atoms with Gasteiger partial charge in [-0.3, -0.25) is 4.79 Å². The van der Waals surface area contributed by atoms with E-state index in [4.69, 9.17) is 4.84 Å². The minimum absolute atomic E-state index is 0.464. The van der Waals surface area contributed by atoms with Crippen LogP contribution in [0.4, 0.5) is 13.2 Å². The minimum Gasteiger partial charge on any atom is -0.362 e. The summed E-state index contributed by atoms with van der Waals surface area (Å²) in [5.41, 5.74) is 2.66. The molecule has 43 heavy (non-hydrogen) atoms. The van der Waals surface area contributed by atoms with Gasteiger partial charge in [0.2, 0.25) is 5.91 Å². The van der Waals surface area contributed by atoms with E-state index in [2.05, 4.69) is 27.6 Å². The highest BCUT2D eigenvalue weighted by molar-refractivity contribution is 5.93. The lowest BCUT2D eigenvalue weighted by atomic mass is 9.62. The Morgan fingerprint density at radius 1 is 1.14 bits per heavy atom. The third-order valence-electron chi connectivity index (χ3n) is 7.94. The number of nitrogens with one attached hydrogen (secondary N) is 2. The molecule has 1 amide bonds. The molecule has 0 aromatic heterocycles. The number of unbranched alkanes of at least 4 members (excludes halogenated alkanes) is 1. The second kappa shape index (κ2) is 17.2. The Hall–Kier alpha value is -3.17. The fraction of sp³-hybridized carbons (Fsp3) is 0.529. The smallest absolute Gasteiger partial charge is 0.362 e. The molecule has 1 aromatic carbocycles. The van der Waals surface area contributed by atoms with E-state index < -0.39 is 24.0 Å². The summed E-state index contributed by atoms with van der Waals surface area (Å²) in [5, 5.41) is 9.44. The zero-order valence-corrected chi connectivity index (χ0v) is 25.8. The molecular formula is C34H47F3N4O2. The maximum Gasteiger partial charge on any atom is 0.405 e. The molecule has 2 aliphatic carbocycles. The quantitative estimate of drug-likeness (QED) is 0.0898. The van der Waals surface area contributed by atoms with Gasteiger partial charge < -0.3 is 20.4 Å².